The molecule has 2 heteroatoms. The Balaban J connectivity index is 2.62. The van der Waals surface area contributed by atoms with Gasteiger partial charge in [-0.3, -0.25) is 4.79 Å². The molecule has 2 rings (SSSR count). The summed E-state index contributed by atoms with van der Waals surface area (Å²) in [4.78, 5) is 11.8. The normalized spacial score (nSPS) is 23.4. The highest BCUT2D eigenvalue weighted by atomic mass is 16.3. The van der Waals surface area contributed by atoms with Crippen molar-refractivity contribution < 1.29 is 9.90 Å². The number of carbonyl (C=O) groups is 1. The summed E-state index contributed by atoms with van der Waals surface area (Å²) in [5.41, 5.74) is 3.87. The molecule has 1 atom stereocenters. The fraction of sp³-hybridized carbons (Fsp3) is 0.400. The standard InChI is InChI=1S/C15H18O2/c1-9-4-5-14(16)10(2)6-12-7-11(3)15(17)8-13(9)12/h6-9,17H,4-5H2,1-3H3/b10-6-. The van der Waals surface area contributed by atoms with E-state index in [2.05, 4.69) is 6.92 Å². The molecule has 0 spiro atoms. The first-order chi connectivity index (χ1) is 7.99. The number of aromatic hydroxyl groups is 1. The predicted octanol–water partition coefficient (Wildman–Crippen LogP) is 3.57. The lowest BCUT2D eigenvalue weighted by molar-refractivity contribution is -0.115. The minimum Gasteiger partial charge on any atom is -0.508 e. The number of aryl methyl sites for hydroxylation is 1. The average Bonchev–Trinajstić information content (AvgIpc) is 2.28. The first-order valence-electron chi connectivity index (χ1n) is 6.04. The fourth-order valence-electron chi connectivity index (χ4n) is 2.30. The van der Waals surface area contributed by atoms with Crippen molar-refractivity contribution in [2.75, 3.05) is 0 Å². The lowest BCUT2D eigenvalue weighted by Crippen LogP contribution is -2.07. The van der Waals surface area contributed by atoms with Crippen LogP contribution in [0.2, 0.25) is 0 Å². The van der Waals surface area contributed by atoms with E-state index < -0.39 is 0 Å². The molecule has 0 aliphatic heterocycles. The second kappa shape index (κ2) is 4.36. The van der Waals surface area contributed by atoms with E-state index in [4.69, 9.17) is 0 Å². The van der Waals surface area contributed by atoms with Gasteiger partial charge in [-0.15, -0.1) is 0 Å². The van der Waals surface area contributed by atoms with E-state index in [1.165, 1.54) is 0 Å². The van der Waals surface area contributed by atoms with Gasteiger partial charge in [-0.2, -0.15) is 0 Å². The van der Waals surface area contributed by atoms with Crippen LogP contribution in [-0.4, -0.2) is 10.9 Å². The van der Waals surface area contributed by atoms with Crippen LogP contribution in [0.5, 0.6) is 5.75 Å². The van der Waals surface area contributed by atoms with Crippen molar-refractivity contribution in [2.24, 2.45) is 0 Å². The number of hydrogen-bond acceptors (Lipinski definition) is 2. The van der Waals surface area contributed by atoms with Crippen LogP contribution in [0.3, 0.4) is 0 Å². The number of phenols is 1. The number of allylic oxidation sites excluding steroid dienone is 1. The van der Waals surface area contributed by atoms with Gasteiger partial charge in [0, 0.05) is 6.42 Å². The van der Waals surface area contributed by atoms with Crippen LogP contribution in [-0.2, 0) is 4.79 Å². The number of phenolic OH excluding ortho intramolecular Hbond substituents is 1. The highest BCUT2D eigenvalue weighted by Gasteiger charge is 2.18. The Morgan fingerprint density at radius 2 is 2.00 bits per heavy atom. The first kappa shape index (κ1) is 11.9. The molecule has 0 fully saturated rings. The zero-order chi connectivity index (χ0) is 12.6. The molecule has 1 aliphatic carbocycles. The molecule has 17 heavy (non-hydrogen) atoms. The molecule has 0 saturated carbocycles. The summed E-state index contributed by atoms with van der Waals surface area (Å²) in [7, 11) is 0. The molecule has 1 unspecified atom stereocenters. The van der Waals surface area contributed by atoms with E-state index in [-0.39, 0.29) is 5.78 Å². The van der Waals surface area contributed by atoms with Gasteiger partial charge >= 0.3 is 0 Å². The number of benzene rings is 1. The number of fused-ring (bicyclic) bond motifs is 1. The Kier molecular flexibility index (Phi) is 3.05. The van der Waals surface area contributed by atoms with E-state index >= 15 is 0 Å². The Bertz CT molecular complexity index is 498. The number of hydrogen-bond donors (Lipinski definition) is 1. The molecule has 1 aromatic rings. The summed E-state index contributed by atoms with van der Waals surface area (Å²) in [5.74, 6) is 0.881. The van der Waals surface area contributed by atoms with E-state index in [0.29, 0.717) is 18.1 Å². The molecular weight excluding hydrogens is 212 g/mol. The lowest BCUT2D eigenvalue weighted by atomic mass is 9.86. The van der Waals surface area contributed by atoms with Crippen molar-refractivity contribution in [3.63, 3.8) is 0 Å². The molecule has 0 aromatic heterocycles. The minimum atomic E-state index is 0.230. The fourth-order valence-corrected chi connectivity index (χ4v) is 2.30. The van der Waals surface area contributed by atoms with Crippen LogP contribution in [0.4, 0.5) is 0 Å². The summed E-state index contributed by atoms with van der Waals surface area (Å²) in [6.45, 7) is 5.85. The third-order valence-corrected chi connectivity index (χ3v) is 3.55. The van der Waals surface area contributed by atoms with Crippen molar-refractivity contribution >= 4 is 11.9 Å². The van der Waals surface area contributed by atoms with Gasteiger partial charge in [0.25, 0.3) is 0 Å². The maximum absolute atomic E-state index is 11.8. The molecule has 1 N–H and O–H groups in total. The zero-order valence-corrected chi connectivity index (χ0v) is 10.6. The summed E-state index contributed by atoms with van der Waals surface area (Å²) in [5, 5.41) is 9.79. The highest BCUT2D eigenvalue weighted by molar-refractivity contribution is 5.99. The first-order valence-corrected chi connectivity index (χ1v) is 6.04. The van der Waals surface area contributed by atoms with Gasteiger partial charge in [0.2, 0.25) is 0 Å². The van der Waals surface area contributed by atoms with Gasteiger partial charge in [0.15, 0.2) is 5.78 Å². The molecule has 0 amide bonds. The van der Waals surface area contributed by atoms with Gasteiger partial charge in [-0.1, -0.05) is 6.92 Å². The van der Waals surface area contributed by atoms with Gasteiger partial charge in [-0.05, 0) is 66.7 Å². The lowest BCUT2D eigenvalue weighted by Gasteiger charge is -2.19. The van der Waals surface area contributed by atoms with Crippen molar-refractivity contribution in [2.45, 2.75) is 39.5 Å². The summed E-state index contributed by atoms with van der Waals surface area (Å²) < 4.78 is 0. The van der Waals surface area contributed by atoms with Crippen LogP contribution in [0, 0.1) is 6.92 Å². The molecule has 0 saturated heterocycles. The maximum Gasteiger partial charge on any atom is 0.158 e. The summed E-state index contributed by atoms with van der Waals surface area (Å²) >= 11 is 0. The molecule has 90 valence electrons. The van der Waals surface area contributed by atoms with Crippen LogP contribution < -0.4 is 0 Å². The number of carbonyl (C=O) groups excluding carboxylic acids is 1. The molecule has 0 radical (unpaired) electrons. The number of rotatable bonds is 0. The Hall–Kier alpha value is -1.57. The van der Waals surface area contributed by atoms with Crippen LogP contribution in [0.25, 0.3) is 6.08 Å². The summed E-state index contributed by atoms with van der Waals surface area (Å²) in [6, 6.07) is 3.80. The van der Waals surface area contributed by atoms with Gasteiger partial charge in [0.1, 0.15) is 5.75 Å². The average molecular weight is 230 g/mol. The van der Waals surface area contributed by atoms with Crippen LogP contribution in [0.15, 0.2) is 17.7 Å². The van der Waals surface area contributed by atoms with Crippen molar-refractivity contribution in [1.82, 2.24) is 0 Å². The van der Waals surface area contributed by atoms with E-state index in [1.54, 1.807) is 0 Å². The van der Waals surface area contributed by atoms with Crippen molar-refractivity contribution in [1.29, 1.82) is 0 Å². The van der Waals surface area contributed by atoms with Crippen LogP contribution >= 0.6 is 0 Å². The van der Waals surface area contributed by atoms with E-state index in [0.717, 1.165) is 28.7 Å². The molecule has 2 nitrogen and oxygen atoms in total. The van der Waals surface area contributed by atoms with Crippen molar-refractivity contribution in [3.8, 4) is 5.75 Å². The molecule has 0 heterocycles. The van der Waals surface area contributed by atoms with E-state index in [1.807, 2.05) is 32.1 Å². The monoisotopic (exact) mass is 230 g/mol. The number of Topliss-reactive ketones (excluding diaryl/α,β-unsaturated/α-hetero) is 1. The molecular formula is C15H18O2. The van der Waals surface area contributed by atoms with Crippen molar-refractivity contribution in [3.05, 3.63) is 34.4 Å². The highest BCUT2D eigenvalue weighted by Crippen LogP contribution is 2.33. The van der Waals surface area contributed by atoms with Gasteiger partial charge < -0.3 is 5.11 Å². The second-order valence-electron chi connectivity index (χ2n) is 4.96. The quantitative estimate of drug-likeness (QED) is 0.739. The van der Waals surface area contributed by atoms with E-state index in [9.17, 15) is 9.90 Å². The molecule has 0 bridgehead atoms. The molecule has 1 aromatic carbocycles. The number of ketones is 1. The maximum atomic E-state index is 11.8. The largest absolute Gasteiger partial charge is 0.508 e. The third kappa shape index (κ3) is 2.26. The SMILES string of the molecule is C/C1=C/c2cc(C)c(O)cc2C(C)CCC1=O. The minimum absolute atomic E-state index is 0.230. The summed E-state index contributed by atoms with van der Waals surface area (Å²) in [6.07, 6.45) is 3.39. The second-order valence-corrected chi connectivity index (χ2v) is 4.96. The zero-order valence-electron chi connectivity index (χ0n) is 10.6. The van der Waals surface area contributed by atoms with Crippen LogP contribution in [0.1, 0.15) is 49.3 Å². The van der Waals surface area contributed by atoms with Gasteiger partial charge in [-0.25, -0.2) is 0 Å². The Labute approximate surface area is 102 Å². The van der Waals surface area contributed by atoms with Gasteiger partial charge in [0.05, 0.1) is 0 Å². The Morgan fingerprint density at radius 3 is 2.71 bits per heavy atom. The smallest absolute Gasteiger partial charge is 0.158 e. The topological polar surface area (TPSA) is 37.3 Å². The third-order valence-electron chi connectivity index (χ3n) is 3.55. The Morgan fingerprint density at radius 1 is 1.29 bits per heavy atom. The predicted molar refractivity (Wildman–Crippen MR) is 69.2 cm³/mol. The molecule has 1 aliphatic rings.